The molecule has 0 fully saturated rings. The Labute approximate surface area is 136 Å². The summed E-state index contributed by atoms with van der Waals surface area (Å²) in [7, 11) is 0. The quantitative estimate of drug-likeness (QED) is 0.587. The monoisotopic (exact) mass is 323 g/mol. The maximum atomic E-state index is 12.4. The normalized spacial score (nSPS) is 10.4. The minimum Gasteiger partial charge on any atom is -0.322 e. The smallest absolute Gasteiger partial charge is 0.269 e. The second kappa shape index (κ2) is 6.29. The Balaban J connectivity index is 1.81. The number of anilines is 1. The van der Waals surface area contributed by atoms with Gasteiger partial charge in [0.25, 0.3) is 11.6 Å². The molecule has 2 heterocycles. The lowest BCUT2D eigenvalue weighted by molar-refractivity contribution is -0.384. The molecule has 0 atom stereocenters. The van der Waals surface area contributed by atoms with Gasteiger partial charge in [0.05, 0.1) is 22.4 Å². The van der Waals surface area contributed by atoms with Gasteiger partial charge in [-0.1, -0.05) is 6.07 Å². The van der Waals surface area contributed by atoms with Crippen molar-refractivity contribution in [2.45, 2.75) is 6.92 Å². The Bertz CT molecular complexity index is 888. The average molecular weight is 323 g/mol. The first-order chi connectivity index (χ1) is 11.6. The van der Waals surface area contributed by atoms with Gasteiger partial charge in [0.15, 0.2) is 5.82 Å². The molecule has 1 N–H and O–H groups in total. The van der Waals surface area contributed by atoms with Crippen LogP contribution >= 0.6 is 0 Å². The second-order valence-electron chi connectivity index (χ2n) is 5.00. The van der Waals surface area contributed by atoms with Gasteiger partial charge in [-0.15, -0.1) is 0 Å². The van der Waals surface area contributed by atoms with Crippen LogP contribution in [0.25, 0.3) is 5.82 Å². The molecule has 0 spiro atoms. The number of nitrogens with zero attached hydrogens (tertiary/aromatic N) is 4. The molecule has 1 aromatic carbocycles. The third-order valence-corrected chi connectivity index (χ3v) is 3.46. The van der Waals surface area contributed by atoms with Gasteiger partial charge in [0.1, 0.15) is 0 Å². The van der Waals surface area contributed by atoms with Crippen LogP contribution in [0.2, 0.25) is 0 Å². The maximum absolute atomic E-state index is 12.4. The van der Waals surface area contributed by atoms with Gasteiger partial charge in [0, 0.05) is 24.0 Å². The summed E-state index contributed by atoms with van der Waals surface area (Å²) in [6.07, 6.45) is 3.11. The van der Waals surface area contributed by atoms with Crippen LogP contribution in [-0.4, -0.2) is 25.6 Å². The van der Waals surface area contributed by atoms with Gasteiger partial charge in [-0.3, -0.25) is 14.9 Å². The number of nitro benzene ring substituents is 1. The summed E-state index contributed by atoms with van der Waals surface area (Å²) in [5.41, 5.74) is 1.48. The minimum absolute atomic E-state index is 0.0350. The molecule has 0 aliphatic heterocycles. The van der Waals surface area contributed by atoms with E-state index in [1.165, 1.54) is 30.5 Å². The van der Waals surface area contributed by atoms with E-state index < -0.39 is 4.92 Å². The highest BCUT2D eigenvalue weighted by molar-refractivity contribution is 6.05. The lowest BCUT2D eigenvalue weighted by Crippen LogP contribution is -2.13. The topological polar surface area (TPSA) is 103 Å². The molecule has 120 valence electrons. The minimum atomic E-state index is -0.493. The van der Waals surface area contributed by atoms with Crippen molar-refractivity contribution >= 4 is 17.3 Å². The van der Waals surface area contributed by atoms with Crippen molar-refractivity contribution < 1.29 is 9.72 Å². The Kier molecular flexibility index (Phi) is 4.02. The Morgan fingerprint density at radius 2 is 1.96 bits per heavy atom. The van der Waals surface area contributed by atoms with Crippen molar-refractivity contribution in [1.29, 1.82) is 0 Å². The first-order valence-corrected chi connectivity index (χ1v) is 7.08. The number of non-ortho nitro benzene ring substituents is 1. The number of hydrogen-bond acceptors (Lipinski definition) is 5. The molecule has 0 unspecified atom stereocenters. The summed E-state index contributed by atoms with van der Waals surface area (Å²) < 4.78 is 1.57. The summed E-state index contributed by atoms with van der Waals surface area (Å²) in [5, 5.41) is 17.5. The highest BCUT2D eigenvalue weighted by Crippen LogP contribution is 2.18. The molecule has 1 amide bonds. The highest BCUT2D eigenvalue weighted by Gasteiger charge is 2.16. The molecule has 2 aromatic heterocycles. The number of amides is 1. The molecular weight excluding hydrogens is 310 g/mol. The fourth-order valence-corrected chi connectivity index (χ4v) is 2.21. The fourth-order valence-electron chi connectivity index (χ4n) is 2.21. The highest BCUT2D eigenvalue weighted by atomic mass is 16.6. The number of carbonyl (C=O) groups excluding carboxylic acids is 1. The Hall–Kier alpha value is -3.55. The summed E-state index contributed by atoms with van der Waals surface area (Å²) >= 11 is 0. The van der Waals surface area contributed by atoms with Gasteiger partial charge in [-0.2, -0.15) is 5.10 Å². The molecule has 0 radical (unpaired) electrons. The molecule has 3 rings (SSSR count). The lowest BCUT2D eigenvalue weighted by Gasteiger charge is -2.06. The average Bonchev–Trinajstić information content (AvgIpc) is 2.98. The van der Waals surface area contributed by atoms with Crippen LogP contribution < -0.4 is 5.32 Å². The zero-order valence-electron chi connectivity index (χ0n) is 12.7. The molecule has 0 aliphatic rings. The molecule has 8 heteroatoms. The first-order valence-electron chi connectivity index (χ1n) is 7.08. The maximum Gasteiger partial charge on any atom is 0.269 e. The number of carbonyl (C=O) groups is 1. The number of rotatable bonds is 4. The third-order valence-electron chi connectivity index (χ3n) is 3.46. The third kappa shape index (κ3) is 2.98. The van der Waals surface area contributed by atoms with E-state index in [2.05, 4.69) is 15.4 Å². The van der Waals surface area contributed by atoms with Crippen molar-refractivity contribution in [2.75, 3.05) is 5.32 Å². The van der Waals surface area contributed by atoms with Crippen LogP contribution in [0.1, 0.15) is 16.1 Å². The van der Waals surface area contributed by atoms with Crippen LogP contribution in [0.4, 0.5) is 11.4 Å². The van der Waals surface area contributed by atoms with Crippen molar-refractivity contribution in [3.63, 3.8) is 0 Å². The number of hydrogen-bond donors (Lipinski definition) is 1. The summed E-state index contributed by atoms with van der Waals surface area (Å²) in [6, 6.07) is 11.0. The molecule has 3 aromatic rings. The first kappa shape index (κ1) is 15.3. The van der Waals surface area contributed by atoms with Crippen LogP contribution in [0.3, 0.4) is 0 Å². The van der Waals surface area contributed by atoms with Gasteiger partial charge < -0.3 is 5.32 Å². The van der Waals surface area contributed by atoms with Crippen molar-refractivity contribution in [1.82, 2.24) is 14.8 Å². The Morgan fingerprint density at radius 3 is 2.58 bits per heavy atom. The summed E-state index contributed by atoms with van der Waals surface area (Å²) in [4.78, 5) is 26.7. The SMILES string of the molecule is Cc1c(C(=O)Nc2ccc([N+](=O)[O-])cc2)cnn1-c1ccccn1. The number of nitro groups is 1. The molecule has 24 heavy (non-hydrogen) atoms. The van der Waals surface area contributed by atoms with E-state index in [-0.39, 0.29) is 11.6 Å². The van der Waals surface area contributed by atoms with E-state index in [9.17, 15) is 14.9 Å². The van der Waals surface area contributed by atoms with E-state index in [0.29, 0.717) is 22.8 Å². The molecular formula is C16H13N5O3. The van der Waals surface area contributed by atoms with Gasteiger partial charge in [-0.25, -0.2) is 9.67 Å². The Morgan fingerprint density at radius 1 is 1.21 bits per heavy atom. The summed E-state index contributed by atoms with van der Waals surface area (Å²) in [5.74, 6) is 0.271. The van der Waals surface area contributed by atoms with Crippen molar-refractivity contribution in [2.24, 2.45) is 0 Å². The molecule has 0 aliphatic carbocycles. The van der Waals surface area contributed by atoms with Crippen LogP contribution in [0, 0.1) is 17.0 Å². The predicted molar refractivity (Wildman–Crippen MR) is 87.1 cm³/mol. The van der Waals surface area contributed by atoms with Crippen LogP contribution in [0.5, 0.6) is 0 Å². The molecule has 8 nitrogen and oxygen atoms in total. The fraction of sp³-hybridized carbons (Fsp3) is 0.0625. The van der Waals surface area contributed by atoms with E-state index in [4.69, 9.17) is 0 Å². The largest absolute Gasteiger partial charge is 0.322 e. The van der Waals surface area contributed by atoms with E-state index in [1.807, 2.05) is 6.07 Å². The van der Waals surface area contributed by atoms with Crippen molar-refractivity contribution in [3.05, 3.63) is 76.2 Å². The van der Waals surface area contributed by atoms with E-state index in [0.717, 1.165) is 0 Å². The van der Waals surface area contributed by atoms with Crippen molar-refractivity contribution in [3.8, 4) is 5.82 Å². The number of benzene rings is 1. The van der Waals surface area contributed by atoms with Crippen LogP contribution in [-0.2, 0) is 0 Å². The standard InChI is InChI=1S/C16H13N5O3/c1-11-14(10-18-20(11)15-4-2-3-9-17-15)16(22)19-12-5-7-13(8-6-12)21(23)24/h2-10H,1H3,(H,19,22). The molecule has 0 saturated carbocycles. The number of nitrogens with one attached hydrogen (secondary N) is 1. The zero-order chi connectivity index (χ0) is 17.1. The van der Waals surface area contributed by atoms with Gasteiger partial charge in [-0.05, 0) is 31.2 Å². The van der Waals surface area contributed by atoms with E-state index >= 15 is 0 Å². The lowest BCUT2D eigenvalue weighted by atomic mass is 10.2. The summed E-state index contributed by atoms with van der Waals surface area (Å²) in [6.45, 7) is 1.77. The number of pyridine rings is 1. The molecule has 0 saturated heterocycles. The van der Waals surface area contributed by atoms with Crippen LogP contribution in [0.15, 0.2) is 54.9 Å². The second-order valence-corrected chi connectivity index (χ2v) is 5.00. The van der Waals surface area contributed by atoms with Gasteiger partial charge in [0.2, 0.25) is 0 Å². The van der Waals surface area contributed by atoms with E-state index in [1.54, 1.807) is 29.9 Å². The number of aromatic nitrogens is 3. The molecule has 0 bridgehead atoms. The van der Waals surface area contributed by atoms with Gasteiger partial charge >= 0.3 is 0 Å². The zero-order valence-corrected chi connectivity index (χ0v) is 12.7. The predicted octanol–water partition coefficient (Wildman–Crippen LogP) is 2.74.